The highest BCUT2D eigenvalue weighted by atomic mass is 31.2. The van der Waals surface area contributed by atoms with E-state index in [0.29, 0.717) is 13.2 Å². The first-order chi connectivity index (χ1) is 8.57. The van der Waals surface area contributed by atoms with Crippen molar-refractivity contribution in [2.75, 3.05) is 13.2 Å². The molecule has 0 aromatic heterocycles. The maximum Gasteiger partial charge on any atom is 0.338 e. The van der Waals surface area contributed by atoms with Crippen LogP contribution in [0.5, 0.6) is 0 Å². The molecule has 0 heterocycles. The van der Waals surface area contributed by atoms with Crippen molar-refractivity contribution in [1.82, 2.24) is 0 Å². The van der Waals surface area contributed by atoms with Crippen LogP contribution in [-0.2, 0) is 13.6 Å². The van der Waals surface area contributed by atoms with Crippen LogP contribution in [0.1, 0.15) is 44.0 Å². The van der Waals surface area contributed by atoms with Crippen molar-refractivity contribution >= 4 is 7.60 Å². The fourth-order valence-corrected chi connectivity index (χ4v) is 4.15. The van der Waals surface area contributed by atoms with E-state index in [0.717, 1.165) is 12.0 Å². The summed E-state index contributed by atoms with van der Waals surface area (Å²) >= 11 is 0. The van der Waals surface area contributed by atoms with Gasteiger partial charge in [0.1, 0.15) is 0 Å². The molecule has 102 valence electrons. The summed E-state index contributed by atoms with van der Waals surface area (Å²) in [4.78, 5) is 0. The van der Waals surface area contributed by atoms with Crippen molar-refractivity contribution in [3.63, 3.8) is 0 Å². The lowest BCUT2D eigenvalue weighted by Gasteiger charge is -2.25. The van der Waals surface area contributed by atoms with Crippen LogP contribution in [0.3, 0.4) is 0 Å². The summed E-state index contributed by atoms with van der Waals surface area (Å²) in [5, 5.41) is 0. The van der Waals surface area contributed by atoms with Gasteiger partial charge in [0.2, 0.25) is 0 Å². The molecule has 0 saturated heterocycles. The summed E-state index contributed by atoms with van der Waals surface area (Å²) in [6, 6.07) is 8.07. The molecule has 0 aliphatic heterocycles. The third kappa shape index (κ3) is 3.68. The Balaban J connectivity index is 3.05. The number of aryl methyl sites for hydroxylation is 1. The van der Waals surface area contributed by atoms with Crippen molar-refractivity contribution in [3.8, 4) is 0 Å². The van der Waals surface area contributed by atoms with Crippen LogP contribution < -0.4 is 0 Å². The molecule has 1 aromatic carbocycles. The Morgan fingerprint density at radius 2 is 1.56 bits per heavy atom. The summed E-state index contributed by atoms with van der Waals surface area (Å²) in [6.07, 6.45) is 0.736. The molecule has 0 aliphatic carbocycles. The molecule has 18 heavy (non-hydrogen) atoms. The van der Waals surface area contributed by atoms with Gasteiger partial charge in [0.25, 0.3) is 0 Å². The van der Waals surface area contributed by atoms with Crippen molar-refractivity contribution < 1.29 is 13.6 Å². The highest BCUT2D eigenvalue weighted by molar-refractivity contribution is 7.54. The third-order valence-corrected chi connectivity index (χ3v) is 5.51. The first-order valence-corrected chi connectivity index (χ1v) is 8.13. The van der Waals surface area contributed by atoms with Gasteiger partial charge in [-0.2, -0.15) is 0 Å². The summed E-state index contributed by atoms with van der Waals surface area (Å²) in [5.41, 5.74) is 2.03. The Bertz CT molecular complexity index is 390. The molecule has 4 heteroatoms. The number of hydrogen-bond acceptors (Lipinski definition) is 3. The molecule has 1 rings (SSSR count). The molecular weight excluding hydrogens is 247 g/mol. The lowest BCUT2D eigenvalue weighted by molar-refractivity contribution is 0.211. The Kier molecular flexibility index (Phi) is 6.07. The monoisotopic (exact) mass is 270 g/mol. The highest BCUT2D eigenvalue weighted by Crippen LogP contribution is 2.62. The normalized spacial score (nSPS) is 13.6. The average Bonchev–Trinajstić information content (AvgIpc) is 2.33. The van der Waals surface area contributed by atoms with Gasteiger partial charge < -0.3 is 9.05 Å². The van der Waals surface area contributed by atoms with Crippen molar-refractivity contribution in [1.29, 1.82) is 0 Å². The van der Waals surface area contributed by atoms with E-state index < -0.39 is 7.60 Å². The molecule has 0 spiro atoms. The topological polar surface area (TPSA) is 35.5 Å². The molecule has 0 radical (unpaired) electrons. The van der Waals surface area contributed by atoms with Crippen molar-refractivity contribution in [2.24, 2.45) is 0 Å². The zero-order valence-electron chi connectivity index (χ0n) is 11.7. The predicted octanol–water partition coefficient (Wildman–Crippen LogP) is 4.71. The van der Waals surface area contributed by atoms with E-state index in [-0.39, 0.29) is 5.66 Å². The van der Waals surface area contributed by atoms with E-state index in [4.69, 9.17) is 9.05 Å². The Hall–Kier alpha value is -0.630. The van der Waals surface area contributed by atoms with Gasteiger partial charge in [0, 0.05) is 0 Å². The van der Waals surface area contributed by atoms with E-state index in [9.17, 15) is 4.57 Å². The molecule has 0 aliphatic rings. The second-order valence-corrected chi connectivity index (χ2v) is 6.43. The van der Waals surface area contributed by atoms with E-state index >= 15 is 0 Å². The Morgan fingerprint density at radius 1 is 1.06 bits per heavy atom. The summed E-state index contributed by atoms with van der Waals surface area (Å²) in [5.74, 6) is 0. The minimum atomic E-state index is -3.07. The van der Waals surface area contributed by atoms with Gasteiger partial charge in [-0.25, -0.2) is 0 Å². The van der Waals surface area contributed by atoms with E-state index in [1.54, 1.807) is 0 Å². The lowest BCUT2D eigenvalue weighted by atomic mass is 10.1. The molecule has 0 amide bonds. The molecular formula is C14H23O3P. The second kappa shape index (κ2) is 7.08. The van der Waals surface area contributed by atoms with Crippen LogP contribution in [0.4, 0.5) is 0 Å². The van der Waals surface area contributed by atoms with E-state index in [1.807, 2.05) is 52.0 Å². The largest absolute Gasteiger partial charge is 0.338 e. The molecule has 0 fully saturated rings. The summed E-state index contributed by atoms with van der Waals surface area (Å²) < 4.78 is 23.7. The van der Waals surface area contributed by atoms with E-state index in [1.165, 1.54) is 5.56 Å². The minimum Gasteiger partial charge on any atom is -0.308 e. The SMILES string of the molecule is CCOP(=O)(OCC)[C@H](CC)c1ccc(C)cc1. The second-order valence-electron chi connectivity index (χ2n) is 4.21. The minimum absolute atomic E-state index is 0.182. The van der Waals surface area contributed by atoms with Gasteiger partial charge in [0.15, 0.2) is 0 Å². The Labute approximate surface area is 110 Å². The highest BCUT2D eigenvalue weighted by Gasteiger charge is 2.35. The average molecular weight is 270 g/mol. The van der Waals surface area contributed by atoms with Crippen LogP contribution in [0.25, 0.3) is 0 Å². The van der Waals surface area contributed by atoms with Crippen LogP contribution in [-0.4, -0.2) is 13.2 Å². The van der Waals surface area contributed by atoms with Crippen molar-refractivity contribution in [3.05, 3.63) is 35.4 Å². The zero-order valence-corrected chi connectivity index (χ0v) is 12.6. The molecule has 0 N–H and O–H groups in total. The first kappa shape index (κ1) is 15.4. The standard InChI is InChI=1S/C14H23O3P/c1-5-14(13-10-8-12(4)9-11-13)18(15,16-6-2)17-7-3/h8-11,14H,5-7H2,1-4H3/t14-/m1/s1. The number of rotatable bonds is 7. The van der Waals surface area contributed by atoms with Gasteiger partial charge in [0.05, 0.1) is 18.9 Å². The molecule has 0 bridgehead atoms. The summed E-state index contributed by atoms with van der Waals surface area (Å²) in [7, 11) is -3.07. The molecule has 0 saturated carbocycles. The summed E-state index contributed by atoms with van der Waals surface area (Å²) in [6.45, 7) is 8.53. The van der Waals surface area contributed by atoms with Gasteiger partial charge in [-0.1, -0.05) is 36.8 Å². The number of hydrogen-bond donors (Lipinski definition) is 0. The maximum absolute atomic E-state index is 12.8. The fraction of sp³-hybridized carbons (Fsp3) is 0.571. The van der Waals surface area contributed by atoms with Gasteiger partial charge in [-0.3, -0.25) is 4.57 Å². The quantitative estimate of drug-likeness (QED) is 0.673. The zero-order chi connectivity index (χ0) is 13.6. The number of benzene rings is 1. The van der Waals surface area contributed by atoms with Gasteiger partial charge >= 0.3 is 7.60 Å². The van der Waals surface area contributed by atoms with Crippen molar-refractivity contribution in [2.45, 2.75) is 39.8 Å². The molecule has 1 aromatic rings. The third-order valence-electron chi connectivity index (χ3n) is 2.85. The van der Waals surface area contributed by atoms with E-state index in [2.05, 4.69) is 0 Å². The molecule has 3 nitrogen and oxygen atoms in total. The molecule has 1 atom stereocenters. The molecule has 0 unspecified atom stereocenters. The van der Waals surface area contributed by atoms with Gasteiger partial charge in [-0.15, -0.1) is 0 Å². The van der Waals surface area contributed by atoms with Crippen LogP contribution in [0, 0.1) is 6.92 Å². The maximum atomic E-state index is 12.8. The fourth-order valence-electron chi connectivity index (χ4n) is 2.01. The van der Waals surface area contributed by atoms with Crippen LogP contribution in [0.15, 0.2) is 24.3 Å². The smallest absolute Gasteiger partial charge is 0.308 e. The Morgan fingerprint density at radius 3 is 1.94 bits per heavy atom. The lowest BCUT2D eigenvalue weighted by Crippen LogP contribution is -2.06. The van der Waals surface area contributed by atoms with Crippen LogP contribution in [0.2, 0.25) is 0 Å². The van der Waals surface area contributed by atoms with Gasteiger partial charge in [-0.05, 0) is 32.8 Å². The predicted molar refractivity (Wildman–Crippen MR) is 75.1 cm³/mol. The first-order valence-electron chi connectivity index (χ1n) is 6.52. The van der Waals surface area contributed by atoms with Crippen LogP contribution >= 0.6 is 7.60 Å².